The third-order valence-electron chi connectivity index (χ3n) is 3.32. The van der Waals surface area contributed by atoms with Crippen molar-refractivity contribution in [3.8, 4) is 5.69 Å². The largest absolute Gasteiger partial charge is 0.330 e. The number of nitrogens with zero attached hydrogens (tertiary/aromatic N) is 1. The number of hydrogen-bond donors (Lipinski definition) is 1. The molecule has 4 heteroatoms. The highest BCUT2D eigenvalue weighted by atomic mass is 32.1. The second-order valence-electron chi connectivity index (χ2n) is 4.67. The van der Waals surface area contributed by atoms with E-state index in [0.29, 0.717) is 4.77 Å². The van der Waals surface area contributed by atoms with Crippen LogP contribution < -0.4 is 0 Å². The summed E-state index contributed by atoms with van der Waals surface area (Å²) in [5.41, 5.74) is 4.84. The van der Waals surface area contributed by atoms with E-state index in [1.165, 1.54) is 12.1 Å². The number of benzene rings is 2. The van der Waals surface area contributed by atoms with E-state index in [1.807, 2.05) is 36.6 Å². The van der Waals surface area contributed by atoms with Gasteiger partial charge in [0.05, 0.1) is 16.7 Å². The summed E-state index contributed by atoms with van der Waals surface area (Å²) >= 11 is 5.38. The number of aromatic amines is 1. The van der Waals surface area contributed by atoms with Gasteiger partial charge in [0.15, 0.2) is 4.77 Å². The highest BCUT2D eigenvalue weighted by Gasteiger charge is 2.11. The summed E-state index contributed by atoms with van der Waals surface area (Å²) in [5, 5.41) is 0. The molecule has 1 aromatic heterocycles. The Morgan fingerprint density at radius 2 is 1.89 bits per heavy atom. The zero-order valence-corrected chi connectivity index (χ0v) is 11.5. The van der Waals surface area contributed by atoms with Gasteiger partial charge in [-0.25, -0.2) is 4.39 Å². The maximum Gasteiger partial charge on any atom is 0.182 e. The van der Waals surface area contributed by atoms with Crippen molar-refractivity contribution in [1.29, 1.82) is 0 Å². The molecule has 0 saturated carbocycles. The van der Waals surface area contributed by atoms with Gasteiger partial charge in [-0.1, -0.05) is 18.2 Å². The molecular formula is C15H13FN2S. The summed E-state index contributed by atoms with van der Waals surface area (Å²) in [6.45, 7) is 3.98. The van der Waals surface area contributed by atoms with E-state index in [0.717, 1.165) is 27.8 Å². The summed E-state index contributed by atoms with van der Waals surface area (Å²) in [6, 6.07) is 10.7. The lowest BCUT2D eigenvalue weighted by atomic mass is 10.1. The van der Waals surface area contributed by atoms with Gasteiger partial charge in [-0.15, -0.1) is 0 Å². The van der Waals surface area contributed by atoms with E-state index in [9.17, 15) is 4.39 Å². The fourth-order valence-corrected chi connectivity index (χ4v) is 2.68. The predicted octanol–water partition coefficient (Wildman–Crippen LogP) is 4.44. The number of nitrogens with one attached hydrogen (secondary N) is 1. The zero-order valence-electron chi connectivity index (χ0n) is 10.7. The topological polar surface area (TPSA) is 20.7 Å². The van der Waals surface area contributed by atoms with Crippen molar-refractivity contribution in [2.24, 2.45) is 0 Å². The molecule has 0 atom stereocenters. The average molecular weight is 272 g/mol. The van der Waals surface area contributed by atoms with Crippen LogP contribution in [0.1, 0.15) is 11.1 Å². The lowest BCUT2D eigenvalue weighted by Gasteiger charge is -2.10. The standard InChI is InChI=1S/C15H13FN2S/c1-9-6-7-11(16)8-13(9)18-14-10(2)4-3-5-12(14)17-15(18)19/h3-8H,1-2H3,(H,17,19). The van der Waals surface area contributed by atoms with Gasteiger partial charge in [0.25, 0.3) is 0 Å². The molecule has 3 rings (SSSR count). The van der Waals surface area contributed by atoms with Crippen LogP contribution in [-0.2, 0) is 0 Å². The summed E-state index contributed by atoms with van der Waals surface area (Å²) in [7, 11) is 0. The Kier molecular flexibility index (Phi) is 2.75. The normalized spacial score (nSPS) is 11.1. The van der Waals surface area contributed by atoms with E-state index in [4.69, 9.17) is 12.2 Å². The third-order valence-corrected chi connectivity index (χ3v) is 3.60. The van der Waals surface area contributed by atoms with Gasteiger partial charge in [-0.2, -0.15) is 0 Å². The van der Waals surface area contributed by atoms with Crippen LogP contribution in [-0.4, -0.2) is 9.55 Å². The monoisotopic (exact) mass is 272 g/mol. The Morgan fingerprint density at radius 3 is 2.68 bits per heavy atom. The van der Waals surface area contributed by atoms with Gasteiger partial charge in [-0.05, 0) is 55.4 Å². The SMILES string of the molecule is Cc1ccc(F)cc1-n1c(=S)[nH]c2cccc(C)c21. The van der Waals surface area contributed by atoms with E-state index in [1.54, 1.807) is 6.07 Å². The van der Waals surface area contributed by atoms with Crippen LogP contribution >= 0.6 is 12.2 Å². The van der Waals surface area contributed by atoms with Crippen LogP contribution in [0.25, 0.3) is 16.7 Å². The minimum Gasteiger partial charge on any atom is -0.330 e. The quantitative estimate of drug-likeness (QED) is 0.649. The van der Waals surface area contributed by atoms with Gasteiger partial charge in [0, 0.05) is 0 Å². The van der Waals surface area contributed by atoms with Crippen LogP contribution in [0.2, 0.25) is 0 Å². The number of aryl methyl sites for hydroxylation is 2. The Morgan fingerprint density at radius 1 is 1.11 bits per heavy atom. The summed E-state index contributed by atoms with van der Waals surface area (Å²) in [6.07, 6.45) is 0. The molecule has 0 unspecified atom stereocenters. The third kappa shape index (κ3) is 1.88. The van der Waals surface area contributed by atoms with Crippen molar-refractivity contribution in [3.63, 3.8) is 0 Å². The van der Waals surface area contributed by atoms with Crippen molar-refractivity contribution in [1.82, 2.24) is 9.55 Å². The van der Waals surface area contributed by atoms with Gasteiger partial charge in [-0.3, -0.25) is 4.57 Å². The molecule has 1 heterocycles. The maximum absolute atomic E-state index is 13.5. The van der Waals surface area contributed by atoms with Gasteiger partial charge in [0.1, 0.15) is 5.82 Å². The predicted molar refractivity (Wildman–Crippen MR) is 77.9 cm³/mol. The molecule has 0 bridgehead atoms. The van der Waals surface area contributed by atoms with E-state index in [-0.39, 0.29) is 5.82 Å². The minimum absolute atomic E-state index is 0.259. The lowest BCUT2D eigenvalue weighted by molar-refractivity contribution is 0.626. The smallest absolute Gasteiger partial charge is 0.182 e. The molecule has 1 N–H and O–H groups in total. The number of hydrogen-bond acceptors (Lipinski definition) is 1. The molecule has 2 nitrogen and oxygen atoms in total. The molecule has 0 amide bonds. The van der Waals surface area contributed by atoms with Gasteiger partial charge in [0.2, 0.25) is 0 Å². The summed E-state index contributed by atoms with van der Waals surface area (Å²) < 4.78 is 16.0. The lowest BCUT2D eigenvalue weighted by Crippen LogP contribution is -1.99. The fourth-order valence-electron chi connectivity index (χ4n) is 2.38. The van der Waals surface area contributed by atoms with Crippen LogP contribution in [0.15, 0.2) is 36.4 Å². The van der Waals surface area contributed by atoms with Gasteiger partial charge >= 0.3 is 0 Å². The maximum atomic E-state index is 13.5. The Bertz CT molecular complexity index is 830. The van der Waals surface area contributed by atoms with Crippen LogP contribution in [0.5, 0.6) is 0 Å². The van der Waals surface area contributed by atoms with Crippen LogP contribution in [0, 0.1) is 24.4 Å². The first-order valence-electron chi connectivity index (χ1n) is 6.05. The molecule has 19 heavy (non-hydrogen) atoms. The molecule has 3 aromatic rings. The molecule has 96 valence electrons. The molecule has 0 aliphatic carbocycles. The molecule has 0 spiro atoms. The van der Waals surface area contributed by atoms with Crippen LogP contribution in [0.3, 0.4) is 0 Å². The number of aromatic nitrogens is 2. The Labute approximate surface area is 115 Å². The van der Waals surface area contributed by atoms with E-state index < -0.39 is 0 Å². The van der Waals surface area contributed by atoms with Crippen molar-refractivity contribution in [3.05, 3.63) is 58.1 Å². The van der Waals surface area contributed by atoms with Gasteiger partial charge < -0.3 is 4.98 Å². The van der Waals surface area contributed by atoms with E-state index >= 15 is 0 Å². The number of para-hydroxylation sites is 1. The molecule has 0 aliphatic heterocycles. The van der Waals surface area contributed by atoms with Crippen molar-refractivity contribution < 1.29 is 4.39 Å². The van der Waals surface area contributed by atoms with Crippen molar-refractivity contribution in [2.75, 3.05) is 0 Å². The highest BCUT2D eigenvalue weighted by Crippen LogP contribution is 2.25. The van der Waals surface area contributed by atoms with Crippen LogP contribution in [0.4, 0.5) is 4.39 Å². The van der Waals surface area contributed by atoms with Crippen molar-refractivity contribution >= 4 is 23.3 Å². The number of rotatable bonds is 1. The molecule has 0 radical (unpaired) electrons. The molecule has 2 aromatic carbocycles. The summed E-state index contributed by atoms with van der Waals surface area (Å²) in [5.74, 6) is -0.259. The molecule has 0 aliphatic rings. The Hall–Kier alpha value is -1.94. The highest BCUT2D eigenvalue weighted by molar-refractivity contribution is 7.71. The van der Waals surface area contributed by atoms with Crippen molar-refractivity contribution in [2.45, 2.75) is 13.8 Å². The first-order chi connectivity index (χ1) is 9.08. The minimum atomic E-state index is -0.259. The number of H-pyrrole nitrogens is 1. The molecular weight excluding hydrogens is 259 g/mol. The number of fused-ring (bicyclic) bond motifs is 1. The zero-order chi connectivity index (χ0) is 13.6. The first kappa shape index (κ1) is 12.1. The first-order valence-corrected chi connectivity index (χ1v) is 6.45. The Balaban J connectivity index is 2.46. The second-order valence-corrected chi connectivity index (χ2v) is 5.05. The average Bonchev–Trinajstić information content (AvgIpc) is 2.70. The number of imidazole rings is 1. The summed E-state index contributed by atoms with van der Waals surface area (Å²) in [4.78, 5) is 3.17. The van der Waals surface area contributed by atoms with E-state index in [2.05, 4.69) is 4.98 Å². The molecule has 0 fully saturated rings. The molecule has 0 saturated heterocycles. The number of halogens is 1. The fraction of sp³-hybridized carbons (Fsp3) is 0.133. The second kappa shape index (κ2) is 4.31.